The van der Waals surface area contributed by atoms with Crippen LogP contribution in [0.15, 0.2) is 0 Å². The summed E-state index contributed by atoms with van der Waals surface area (Å²) in [5.74, 6) is 0.419. The molecule has 84 valence electrons. The summed E-state index contributed by atoms with van der Waals surface area (Å²) >= 11 is 0. The van der Waals surface area contributed by atoms with Crippen LogP contribution in [-0.4, -0.2) is 43.3 Å². The maximum atomic E-state index is 10.3. The molecule has 4 nitrogen and oxygen atoms in total. The number of rotatable bonds is 5. The van der Waals surface area contributed by atoms with Gasteiger partial charge in [-0.2, -0.15) is 0 Å². The van der Waals surface area contributed by atoms with E-state index in [9.17, 15) is 13.0 Å². The van der Waals surface area contributed by atoms with E-state index in [1.54, 1.807) is 0 Å². The first-order valence-corrected chi connectivity index (χ1v) is 7.81. The molecule has 0 aromatic rings. The minimum absolute atomic E-state index is 0. The van der Waals surface area contributed by atoms with E-state index in [4.69, 9.17) is 0 Å². The van der Waals surface area contributed by atoms with E-state index in [0.29, 0.717) is 16.5 Å². The Morgan fingerprint density at radius 3 is 2.33 bits per heavy atom. The van der Waals surface area contributed by atoms with E-state index in [1.807, 2.05) is 0 Å². The molecule has 7 heteroatoms. The van der Waals surface area contributed by atoms with Crippen LogP contribution in [0.25, 0.3) is 0 Å². The van der Waals surface area contributed by atoms with Crippen molar-refractivity contribution >= 4 is 19.9 Å². The van der Waals surface area contributed by atoms with Crippen LogP contribution in [0.1, 0.15) is 25.7 Å². The molecule has 0 spiro atoms. The van der Waals surface area contributed by atoms with Gasteiger partial charge in [0.2, 0.25) is 0 Å². The summed E-state index contributed by atoms with van der Waals surface area (Å²) in [6, 6.07) is 0. The molecule has 1 aliphatic rings. The summed E-state index contributed by atoms with van der Waals surface area (Å²) in [4.78, 5) is 2.33. The number of hydrogen-bond acceptors (Lipinski definition) is 5. The molecular weight excluding hydrogens is 245 g/mol. The molecule has 0 bridgehead atoms. The Hall–Kier alpha value is 1.22. The molecule has 0 atom stereocenters. The summed E-state index contributed by atoms with van der Waals surface area (Å²) in [7, 11) is -3.57. The molecule has 15 heavy (non-hydrogen) atoms. The van der Waals surface area contributed by atoms with Gasteiger partial charge in [-0.25, -0.2) is 8.42 Å². The van der Waals surface area contributed by atoms with E-state index in [0.717, 1.165) is 26.1 Å². The largest absolute Gasteiger partial charge is 1.00 e. The second-order valence-electron chi connectivity index (χ2n) is 3.49. The molecule has 0 amide bonds. The molecule has 0 aliphatic carbocycles. The summed E-state index contributed by atoms with van der Waals surface area (Å²) in [5.41, 5.74) is 0. The van der Waals surface area contributed by atoms with Crippen LogP contribution in [0.4, 0.5) is 0 Å². The van der Waals surface area contributed by atoms with Crippen molar-refractivity contribution in [2.45, 2.75) is 25.7 Å². The Bertz CT molecular complexity index is 253. The topological polar surface area (TPSA) is 60.4 Å². The van der Waals surface area contributed by atoms with Crippen LogP contribution in [0, 0.1) is 0 Å². The smallest absolute Gasteiger partial charge is 0.739 e. The molecular formula is C8H16NNaO3S2. The fourth-order valence-corrected chi connectivity index (χ4v) is 3.05. The third-order valence-electron chi connectivity index (χ3n) is 2.30. The predicted molar refractivity (Wildman–Crippen MR) is 57.1 cm³/mol. The van der Waals surface area contributed by atoms with E-state index in [1.165, 1.54) is 19.3 Å². The van der Waals surface area contributed by atoms with Gasteiger partial charge in [0.05, 0.1) is 0 Å². The van der Waals surface area contributed by atoms with Gasteiger partial charge in [-0.05, 0) is 49.7 Å². The summed E-state index contributed by atoms with van der Waals surface area (Å²) in [5, 5.41) is 0. The van der Waals surface area contributed by atoms with Crippen molar-refractivity contribution in [3.8, 4) is 0 Å². The molecule has 1 saturated heterocycles. The van der Waals surface area contributed by atoms with Crippen molar-refractivity contribution in [3.05, 3.63) is 0 Å². The van der Waals surface area contributed by atoms with Gasteiger partial charge in [-0.3, -0.25) is 0 Å². The summed E-state index contributed by atoms with van der Waals surface area (Å²) in [6.07, 6.45) is 4.58. The van der Waals surface area contributed by atoms with E-state index < -0.39 is 9.15 Å². The molecule has 1 heterocycles. The first-order chi connectivity index (χ1) is 6.58. The Morgan fingerprint density at radius 1 is 1.20 bits per heavy atom. The normalized spacial score (nSPS) is 18.5. The number of piperidine rings is 1. The van der Waals surface area contributed by atoms with Crippen molar-refractivity contribution in [2.75, 3.05) is 25.4 Å². The Morgan fingerprint density at radius 2 is 1.80 bits per heavy atom. The molecule has 1 fully saturated rings. The van der Waals surface area contributed by atoms with Crippen LogP contribution in [0.3, 0.4) is 0 Å². The minimum atomic E-state index is -4.08. The summed E-state index contributed by atoms with van der Waals surface area (Å²) in [6.45, 7) is 3.16. The molecule has 0 radical (unpaired) electrons. The van der Waals surface area contributed by atoms with Gasteiger partial charge < -0.3 is 9.45 Å². The number of likely N-dealkylation sites (tertiary alicyclic amines) is 1. The van der Waals surface area contributed by atoms with Gasteiger partial charge in [0.15, 0.2) is 0 Å². The van der Waals surface area contributed by atoms with Gasteiger partial charge in [0.1, 0.15) is 9.15 Å². The fourth-order valence-electron chi connectivity index (χ4n) is 1.63. The number of nitrogens with zero attached hydrogens (tertiary/aromatic N) is 1. The Kier molecular flexibility index (Phi) is 9.01. The van der Waals surface area contributed by atoms with Crippen molar-refractivity contribution in [3.63, 3.8) is 0 Å². The monoisotopic (exact) mass is 261 g/mol. The first kappa shape index (κ1) is 16.2. The molecule has 0 aromatic heterocycles. The second-order valence-corrected chi connectivity index (χ2v) is 6.88. The molecule has 0 N–H and O–H groups in total. The molecule has 0 unspecified atom stereocenters. The zero-order valence-electron chi connectivity index (χ0n) is 9.15. The minimum Gasteiger partial charge on any atom is -0.739 e. The van der Waals surface area contributed by atoms with Gasteiger partial charge >= 0.3 is 29.6 Å². The van der Waals surface area contributed by atoms with Crippen LogP contribution < -0.4 is 29.6 Å². The average molecular weight is 261 g/mol. The summed E-state index contributed by atoms with van der Waals surface area (Å²) < 4.78 is 30.8. The van der Waals surface area contributed by atoms with Gasteiger partial charge in [0.25, 0.3) is 0 Å². The molecule has 0 aromatic carbocycles. The maximum absolute atomic E-state index is 10.3. The number of hydrogen-bond donors (Lipinski definition) is 0. The van der Waals surface area contributed by atoms with Gasteiger partial charge in [0, 0.05) is 5.75 Å². The Balaban J connectivity index is 0.00000196. The SMILES string of the molecule is O=S(=O)([O-])SCCCN1CCCCC1.[Na+]. The first-order valence-electron chi connectivity index (χ1n) is 4.90. The molecule has 1 rings (SSSR count). The van der Waals surface area contributed by atoms with Crippen LogP contribution in [0.5, 0.6) is 0 Å². The quantitative estimate of drug-likeness (QED) is 0.249. The van der Waals surface area contributed by atoms with Crippen molar-refractivity contribution < 1.29 is 42.5 Å². The third kappa shape index (κ3) is 8.97. The second kappa shape index (κ2) is 8.33. The molecule has 0 saturated carbocycles. The van der Waals surface area contributed by atoms with Crippen LogP contribution in [-0.2, 0) is 9.15 Å². The zero-order chi connectivity index (χ0) is 10.4. The van der Waals surface area contributed by atoms with Crippen molar-refractivity contribution in [1.82, 2.24) is 4.90 Å². The fraction of sp³-hybridized carbons (Fsp3) is 1.00. The maximum Gasteiger partial charge on any atom is 1.00 e. The van der Waals surface area contributed by atoms with E-state index in [-0.39, 0.29) is 29.6 Å². The van der Waals surface area contributed by atoms with Crippen molar-refractivity contribution in [2.24, 2.45) is 0 Å². The third-order valence-corrected chi connectivity index (χ3v) is 4.41. The standard InChI is InChI=1S/C8H17NO3S2.Na/c10-14(11,12)13-8-4-7-9-5-2-1-3-6-9;/h1-8H2,(H,10,11,12);/q;+1/p-1. The molecule has 1 aliphatic heterocycles. The van der Waals surface area contributed by atoms with Crippen molar-refractivity contribution in [1.29, 1.82) is 0 Å². The Labute approximate surface area is 118 Å². The van der Waals surface area contributed by atoms with Crippen LogP contribution >= 0.6 is 10.8 Å². The van der Waals surface area contributed by atoms with Crippen LogP contribution in [0.2, 0.25) is 0 Å². The van der Waals surface area contributed by atoms with E-state index in [2.05, 4.69) is 4.90 Å². The zero-order valence-corrected chi connectivity index (χ0v) is 12.8. The predicted octanol–water partition coefficient (Wildman–Crippen LogP) is -1.94. The average Bonchev–Trinajstić information content (AvgIpc) is 2.13. The van der Waals surface area contributed by atoms with Gasteiger partial charge in [-0.15, -0.1) is 0 Å². The van der Waals surface area contributed by atoms with E-state index >= 15 is 0 Å². The van der Waals surface area contributed by atoms with Gasteiger partial charge in [-0.1, -0.05) is 6.42 Å².